The van der Waals surface area contributed by atoms with Gasteiger partial charge in [-0.1, -0.05) is 24.2 Å². The summed E-state index contributed by atoms with van der Waals surface area (Å²) in [7, 11) is 1.62. The van der Waals surface area contributed by atoms with Crippen molar-refractivity contribution < 1.29 is 9.53 Å². The molecule has 100 valence electrons. The van der Waals surface area contributed by atoms with Crippen LogP contribution in [0.3, 0.4) is 0 Å². The van der Waals surface area contributed by atoms with Crippen molar-refractivity contribution >= 4 is 11.9 Å². The number of tetrazole rings is 1. The van der Waals surface area contributed by atoms with Crippen LogP contribution < -0.4 is 10.1 Å². The van der Waals surface area contributed by atoms with E-state index in [1.807, 2.05) is 24.3 Å². The molecule has 1 N–H and O–H groups in total. The Hall–Kier alpha value is -2.44. The molecule has 0 saturated carbocycles. The molecule has 0 fully saturated rings. The number of aromatic nitrogens is 4. The highest BCUT2D eigenvalue weighted by atomic mass is 16.5. The van der Waals surface area contributed by atoms with Gasteiger partial charge in [0, 0.05) is 0 Å². The molecule has 0 aliphatic rings. The normalized spacial score (nSPS) is 10.2. The van der Waals surface area contributed by atoms with Crippen molar-refractivity contribution in [2.75, 3.05) is 11.9 Å². The fourth-order valence-electron chi connectivity index (χ4n) is 1.47. The zero-order chi connectivity index (χ0) is 13.7. The molecular formula is C12H15N5O2. The average molecular weight is 261 g/mol. The van der Waals surface area contributed by atoms with Gasteiger partial charge < -0.3 is 4.74 Å². The SMILES string of the molecule is CCc1ccc(OCC(=O)Nc2nnn(C)n2)cc1. The second-order valence-corrected chi connectivity index (χ2v) is 3.94. The van der Waals surface area contributed by atoms with E-state index in [1.165, 1.54) is 10.4 Å². The average Bonchev–Trinajstić information content (AvgIpc) is 2.82. The minimum atomic E-state index is -0.326. The van der Waals surface area contributed by atoms with Crippen LogP contribution in [0, 0.1) is 0 Å². The van der Waals surface area contributed by atoms with Crippen molar-refractivity contribution in [1.82, 2.24) is 20.2 Å². The maximum Gasteiger partial charge on any atom is 0.270 e. The maximum atomic E-state index is 11.6. The van der Waals surface area contributed by atoms with Crippen molar-refractivity contribution in [3.05, 3.63) is 29.8 Å². The zero-order valence-electron chi connectivity index (χ0n) is 10.8. The van der Waals surface area contributed by atoms with Crippen LogP contribution >= 0.6 is 0 Å². The van der Waals surface area contributed by atoms with E-state index in [-0.39, 0.29) is 18.5 Å². The fraction of sp³-hybridized carbons (Fsp3) is 0.333. The first kappa shape index (κ1) is 13.0. The third kappa shape index (κ3) is 3.77. The van der Waals surface area contributed by atoms with Crippen LogP contribution in [-0.2, 0) is 18.3 Å². The minimum Gasteiger partial charge on any atom is -0.484 e. The summed E-state index contributed by atoms with van der Waals surface area (Å²) in [5, 5.41) is 13.6. The van der Waals surface area contributed by atoms with Crippen molar-refractivity contribution in [1.29, 1.82) is 0 Å². The predicted molar refractivity (Wildman–Crippen MR) is 68.7 cm³/mol. The third-order valence-electron chi connectivity index (χ3n) is 2.46. The molecule has 1 amide bonds. The van der Waals surface area contributed by atoms with Crippen molar-refractivity contribution in [2.24, 2.45) is 7.05 Å². The number of hydrogen-bond acceptors (Lipinski definition) is 5. The van der Waals surface area contributed by atoms with Crippen molar-refractivity contribution in [2.45, 2.75) is 13.3 Å². The van der Waals surface area contributed by atoms with Crippen LogP contribution in [0.2, 0.25) is 0 Å². The minimum absolute atomic E-state index is 0.0935. The van der Waals surface area contributed by atoms with Crippen LogP contribution in [0.5, 0.6) is 5.75 Å². The first-order valence-corrected chi connectivity index (χ1v) is 5.93. The molecule has 7 heteroatoms. The lowest BCUT2D eigenvalue weighted by atomic mass is 10.2. The lowest BCUT2D eigenvalue weighted by Crippen LogP contribution is -2.21. The number of ether oxygens (including phenoxy) is 1. The van der Waals surface area contributed by atoms with Gasteiger partial charge in [0.05, 0.1) is 7.05 Å². The smallest absolute Gasteiger partial charge is 0.270 e. The molecule has 19 heavy (non-hydrogen) atoms. The van der Waals surface area contributed by atoms with Crippen LogP contribution in [0.25, 0.3) is 0 Å². The topological polar surface area (TPSA) is 81.9 Å². The highest BCUT2D eigenvalue weighted by Crippen LogP contribution is 2.12. The van der Waals surface area contributed by atoms with Crippen LogP contribution in [-0.4, -0.2) is 32.7 Å². The number of amides is 1. The lowest BCUT2D eigenvalue weighted by molar-refractivity contribution is -0.118. The van der Waals surface area contributed by atoms with Crippen LogP contribution in [0.1, 0.15) is 12.5 Å². The van der Waals surface area contributed by atoms with E-state index in [0.29, 0.717) is 5.75 Å². The van der Waals surface area contributed by atoms with Gasteiger partial charge in [0.1, 0.15) is 5.75 Å². The number of rotatable bonds is 5. The van der Waals surface area contributed by atoms with Gasteiger partial charge in [-0.25, -0.2) is 0 Å². The summed E-state index contributed by atoms with van der Waals surface area (Å²) in [6.45, 7) is 1.99. The Morgan fingerprint density at radius 1 is 1.37 bits per heavy atom. The first-order chi connectivity index (χ1) is 9.17. The van der Waals surface area contributed by atoms with Crippen LogP contribution in [0.15, 0.2) is 24.3 Å². The summed E-state index contributed by atoms with van der Waals surface area (Å²) in [5.74, 6) is 0.490. The van der Waals surface area contributed by atoms with Gasteiger partial charge in [0.2, 0.25) is 0 Å². The molecule has 0 unspecified atom stereocenters. The van der Waals surface area contributed by atoms with Crippen molar-refractivity contribution in [3.8, 4) is 5.75 Å². The number of benzene rings is 1. The summed E-state index contributed by atoms with van der Waals surface area (Å²) in [6.07, 6.45) is 0.971. The lowest BCUT2D eigenvalue weighted by Gasteiger charge is -2.05. The van der Waals surface area contributed by atoms with Crippen LogP contribution in [0.4, 0.5) is 5.95 Å². The third-order valence-corrected chi connectivity index (χ3v) is 2.46. The molecule has 0 atom stereocenters. The number of anilines is 1. The predicted octanol–water partition coefficient (Wildman–Crippen LogP) is 0.790. The monoisotopic (exact) mass is 261 g/mol. The van der Waals surface area contributed by atoms with E-state index < -0.39 is 0 Å². The Morgan fingerprint density at radius 2 is 2.11 bits per heavy atom. The summed E-state index contributed by atoms with van der Waals surface area (Å²) >= 11 is 0. The van der Waals surface area contributed by atoms with E-state index in [9.17, 15) is 4.79 Å². The summed E-state index contributed by atoms with van der Waals surface area (Å²) in [4.78, 5) is 12.8. The Bertz CT molecular complexity index is 550. The zero-order valence-corrected chi connectivity index (χ0v) is 10.8. The Balaban J connectivity index is 1.82. The highest BCUT2D eigenvalue weighted by molar-refractivity contribution is 5.90. The number of hydrogen-bond donors (Lipinski definition) is 1. The Labute approximate surface area is 110 Å². The molecule has 0 aliphatic heterocycles. The Morgan fingerprint density at radius 3 is 2.68 bits per heavy atom. The number of carbonyl (C=O) groups is 1. The van der Waals surface area contributed by atoms with E-state index in [2.05, 4.69) is 27.7 Å². The summed E-state index contributed by atoms with van der Waals surface area (Å²) < 4.78 is 5.35. The van der Waals surface area contributed by atoms with Gasteiger partial charge in [0.25, 0.3) is 11.9 Å². The number of carbonyl (C=O) groups excluding carboxylic acids is 1. The summed E-state index contributed by atoms with van der Waals surface area (Å²) in [6, 6.07) is 7.62. The molecule has 0 radical (unpaired) electrons. The largest absolute Gasteiger partial charge is 0.484 e. The molecule has 2 rings (SSSR count). The number of aryl methyl sites for hydroxylation is 2. The number of nitrogens with zero attached hydrogens (tertiary/aromatic N) is 4. The number of nitrogens with one attached hydrogen (secondary N) is 1. The second-order valence-electron chi connectivity index (χ2n) is 3.94. The molecule has 1 aromatic carbocycles. The van der Waals surface area contributed by atoms with Gasteiger partial charge in [-0.15, -0.1) is 5.10 Å². The fourth-order valence-corrected chi connectivity index (χ4v) is 1.47. The first-order valence-electron chi connectivity index (χ1n) is 5.93. The molecular weight excluding hydrogens is 246 g/mol. The van der Waals surface area contributed by atoms with Crippen molar-refractivity contribution in [3.63, 3.8) is 0 Å². The standard InChI is InChI=1S/C12H15N5O2/c1-3-9-4-6-10(7-5-9)19-8-11(18)13-12-14-16-17(2)15-12/h4-7H,3,8H2,1-2H3,(H,13,15,18). The van der Waals surface area contributed by atoms with Gasteiger partial charge in [-0.2, -0.15) is 4.80 Å². The van der Waals surface area contributed by atoms with Gasteiger partial charge in [0.15, 0.2) is 6.61 Å². The molecule has 1 aromatic heterocycles. The maximum absolute atomic E-state index is 11.6. The molecule has 1 heterocycles. The molecule has 0 aliphatic carbocycles. The van der Waals surface area contributed by atoms with Gasteiger partial charge >= 0.3 is 0 Å². The highest BCUT2D eigenvalue weighted by Gasteiger charge is 2.07. The second kappa shape index (κ2) is 5.94. The van der Waals surface area contributed by atoms with E-state index in [4.69, 9.17) is 4.74 Å². The molecule has 0 saturated heterocycles. The molecule has 7 nitrogen and oxygen atoms in total. The summed E-state index contributed by atoms with van der Waals surface area (Å²) in [5.41, 5.74) is 1.22. The van der Waals surface area contributed by atoms with E-state index in [0.717, 1.165) is 6.42 Å². The van der Waals surface area contributed by atoms with E-state index in [1.54, 1.807) is 7.05 Å². The molecule has 2 aromatic rings. The quantitative estimate of drug-likeness (QED) is 0.860. The van der Waals surface area contributed by atoms with Gasteiger partial charge in [-0.05, 0) is 29.3 Å². The molecule has 0 bridgehead atoms. The Kier molecular flexibility index (Phi) is 4.07. The van der Waals surface area contributed by atoms with E-state index >= 15 is 0 Å². The van der Waals surface area contributed by atoms with Gasteiger partial charge in [-0.3, -0.25) is 10.1 Å². The molecule has 0 spiro atoms.